The number of ketones is 1. The molecule has 2 aromatic rings. The van der Waals surface area contributed by atoms with Gasteiger partial charge >= 0.3 is 0 Å². The third-order valence-electron chi connectivity index (χ3n) is 6.19. The number of thiophene rings is 1. The number of Topliss-reactive ketones (excluding diaryl/α,β-unsaturated/α-hetero) is 1. The van der Waals surface area contributed by atoms with Crippen LogP contribution < -0.4 is 0 Å². The van der Waals surface area contributed by atoms with Gasteiger partial charge in [0.2, 0.25) is 0 Å². The molecule has 4 aliphatic rings. The van der Waals surface area contributed by atoms with Crippen molar-refractivity contribution < 1.29 is 4.79 Å². The van der Waals surface area contributed by atoms with Gasteiger partial charge in [0.15, 0.2) is 0 Å². The third kappa shape index (κ3) is 2.35. The Morgan fingerprint density at radius 2 is 1.87 bits per heavy atom. The highest BCUT2D eigenvalue weighted by atomic mass is 32.2. The molecule has 0 spiro atoms. The molecule has 120 valence electrons. The second-order valence-electron chi connectivity index (χ2n) is 7.73. The summed E-state index contributed by atoms with van der Waals surface area (Å²) in [5.74, 6) is 3.56. The average molecular weight is 345 g/mol. The molecule has 0 unspecified atom stereocenters. The Balaban J connectivity index is 1.35. The summed E-state index contributed by atoms with van der Waals surface area (Å²) in [7, 11) is 0. The zero-order valence-electron chi connectivity index (χ0n) is 13.0. The predicted molar refractivity (Wildman–Crippen MR) is 93.8 cm³/mol. The number of thioether (sulfide) groups is 1. The highest BCUT2D eigenvalue weighted by molar-refractivity contribution is 8.00. The van der Waals surface area contributed by atoms with Crippen molar-refractivity contribution in [3.8, 4) is 0 Å². The first-order chi connectivity index (χ1) is 11.2. The summed E-state index contributed by atoms with van der Waals surface area (Å²) >= 11 is 3.25. The van der Waals surface area contributed by atoms with Gasteiger partial charge < -0.3 is 0 Å². The number of nitrogens with zero attached hydrogens (tertiary/aromatic N) is 2. The number of fused-ring (bicyclic) bond motifs is 1. The quantitative estimate of drug-likeness (QED) is 0.602. The van der Waals surface area contributed by atoms with Crippen molar-refractivity contribution in [3.63, 3.8) is 0 Å². The standard InChI is InChI=1S/C18H20N2OS2/c21-15(9-23-17-14-1-2-22-16(14)19-10-20-17)18-6-11-3-12(7-18)5-13(4-11)8-18/h1-2,10-13H,3-9H2. The molecular formula is C18H20N2OS2. The van der Waals surface area contributed by atoms with Crippen LogP contribution in [0.15, 0.2) is 22.8 Å². The van der Waals surface area contributed by atoms with Crippen LogP contribution in [0.3, 0.4) is 0 Å². The molecule has 0 aromatic carbocycles. The summed E-state index contributed by atoms with van der Waals surface area (Å²) in [6, 6.07) is 2.07. The fraction of sp³-hybridized carbons (Fsp3) is 0.611. The normalized spacial score (nSPS) is 35.0. The predicted octanol–water partition coefficient (Wildman–Crippen LogP) is 4.57. The van der Waals surface area contributed by atoms with Crippen LogP contribution in [0, 0.1) is 23.2 Å². The van der Waals surface area contributed by atoms with Gasteiger partial charge in [-0.1, -0.05) is 11.8 Å². The van der Waals surface area contributed by atoms with Crippen LogP contribution in [0.1, 0.15) is 38.5 Å². The highest BCUT2D eigenvalue weighted by Crippen LogP contribution is 2.60. The first-order valence-electron chi connectivity index (χ1n) is 8.56. The number of carbonyl (C=O) groups is 1. The van der Waals surface area contributed by atoms with E-state index in [4.69, 9.17) is 0 Å². The van der Waals surface area contributed by atoms with Gasteiger partial charge in [0, 0.05) is 10.8 Å². The molecule has 0 N–H and O–H groups in total. The number of aromatic nitrogens is 2. The summed E-state index contributed by atoms with van der Waals surface area (Å²) in [6.45, 7) is 0. The van der Waals surface area contributed by atoms with Gasteiger partial charge in [0.05, 0.1) is 5.75 Å². The van der Waals surface area contributed by atoms with Crippen molar-refractivity contribution in [2.75, 3.05) is 5.75 Å². The molecule has 2 aromatic heterocycles. The second-order valence-corrected chi connectivity index (χ2v) is 9.59. The molecule has 0 aliphatic heterocycles. The zero-order valence-corrected chi connectivity index (χ0v) is 14.7. The lowest BCUT2D eigenvalue weighted by Gasteiger charge is -2.56. The molecule has 4 aliphatic carbocycles. The van der Waals surface area contributed by atoms with E-state index in [1.807, 2.05) is 5.38 Å². The van der Waals surface area contributed by atoms with E-state index >= 15 is 0 Å². The average Bonchev–Trinajstić information content (AvgIpc) is 3.00. The SMILES string of the molecule is O=C(CSc1ncnc2sccc12)C12CC3CC(CC(C3)C1)C2. The molecule has 4 fully saturated rings. The molecule has 0 atom stereocenters. The maximum absolute atomic E-state index is 13.1. The van der Waals surface area contributed by atoms with Crippen molar-refractivity contribution in [2.45, 2.75) is 43.6 Å². The van der Waals surface area contributed by atoms with E-state index in [-0.39, 0.29) is 5.41 Å². The van der Waals surface area contributed by atoms with E-state index in [1.165, 1.54) is 19.3 Å². The first kappa shape index (κ1) is 14.4. The van der Waals surface area contributed by atoms with E-state index in [0.29, 0.717) is 11.5 Å². The minimum atomic E-state index is 0.0164. The van der Waals surface area contributed by atoms with Gasteiger partial charge in [-0.25, -0.2) is 9.97 Å². The Kier molecular flexibility index (Phi) is 3.31. The highest BCUT2D eigenvalue weighted by Gasteiger charge is 2.54. The molecule has 6 rings (SSSR count). The molecule has 5 heteroatoms. The maximum atomic E-state index is 13.1. The zero-order chi connectivity index (χ0) is 15.4. The van der Waals surface area contributed by atoms with Crippen molar-refractivity contribution in [2.24, 2.45) is 23.2 Å². The Bertz CT molecular complexity index is 734. The van der Waals surface area contributed by atoms with Crippen LogP contribution in [0.2, 0.25) is 0 Å². The number of hydrogen-bond donors (Lipinski definition) is 0. The van der Waals surface area contributed by atoms with Crippen LogP contribution in [-0.4, -0.2) is 21.5 Å². The molecule has 4 bridgehead atoms. The van der Waals surface area contributed by atoms with Gasteiger partial charge in [-0.15, -0.1) is 11.3 Å². The molecule has 2 heterocycles. The Morgan fingerprint density at radius 3 is 2.57 bits per heavy atom. The van der Waals surface area contributed by atoms with E-state index in [9.17, 15) is 4.79 Å². The van der Waals surface area contributed by atoms with Gasteiger partial charge in [0.1, 0.15) is 22.0 Å². The van der Waals surface area contributed by atoms with Gasteiger partial charge in [0.25, 0.3) is 0 Å². The lowest BCUT2D eigenvalue weighted by atomic mass is 9.48. The molecule has 3 nitrogen and oxygen atoms in total. The Hall–Kier alpha value is -0.940. The Labute approximate surface area is 144 Å². The van der Waals surface area contributed by atoms with Crippen LogP contribution >= 0.6 is 23.1 Å². The van der Waals surface area contributed by atoms with Crippen LogP contribution in [0.5, 0.6) is 0 Å². The van der Waals surface area contributed by atoms with Crippen molar-refractivity contribution in [3.05, 3.63) is 17.8 Å². The first-order valence-corrected chi connectivity index (χ1v) is 10.4. The maximum Gasteiger partial charge on any atom is 0.149 e. The van der Waals surface area contributed by atoms with Gasteiger partial charge in [-0.05, 0) is 67.7 Å². The topological polar surface area (TPSA) is 42.9 Å². The molecule has 4 saturated carbocycles. The molecular weight excluding hydrogens is 324 g/mol. The third-order valence-corrected chi connectivity index (χ3v) is 8.02. The smallest absolute Gasteiger partial charge is 0.149 e. The summed E-state index contributed by atoms with van der Waals surface area (Å²) in [5, 5.41) is 4.11. The summed E-state index contributed by atoms with van der Waals surface area (Å²) in [4.78, 5) is 22.8. The van der Waals surface area contributed by atoms with Crippen molar-refractivity contribution in [1.82, 2.24) is 9.97 Å². The lowest BCUT2D eigenvalue weighted by Crippen LogP contribution is -2.50. The minimum absolute atomic E-state index is 0.0164. The van der Waals surface area contributed by atoms with E-state index in [0.717, 1.165) is 52.3 Å². The molecule has 0 radical (unpaired) electrons. The van der Waals surface area contributed by atoms with E-state index in [1.54, 1.807) is 29.4 Å². The second kappa shape index (κ2) is 5.28. The fourth-order valence-corrected chi connectivity index (χ4v) is 7.43. The lowest BCUT2D eigenvalue weighted by molar-refractivity contribution is -0.141. The molecule has 23 heavy (non-hydrogen) atoms. The van der Waals surface area contributed by atoms with Gasteiger partial charge in [-0.3, -0.25) is 4.79 Å². The monoisotopic (exact) mass is 344 g/mol. The van der Waals surface area contributed by atoms with E-state index < -0.39 is 0 Å². The van der Waals surface area contributed by atoms with Crippen LogP contribution in [0.4, 0.5) is 0 Å². The number of rotatable bonds is 4. The summed E-state index contributed by atoms with van der Waals surface area (Å²) < 4.78 is 0. The Morgan fingerprint density at radius 1 is 1.17 bits per heavy atom. The van der Waals surface area contributed by atoms with Crippen LogP contribution in [-0.2, 0) is 4.79 Å². The van der Waals surface area contributed by atoms with Crippen molar-refractivity contribution in [1.29, 1.82) is 0 Å². The molecule has 0 amide bonds. The summed E-state index contributed by atoms with van der Waals surface area (Å²) in [5.41, 5.74) is 0.0164. The summed E-state index contributed by atoms with van der Waals surface area (Å²) in [6.07, 6.45) is 9.28. The largest absolute Gasteiger partial charge is 0.298 e. The molecule has 0 saturated heterocycles. The van der Waals surface area contributed by atoms with Crippen molar-refractivity contribution >= 4 is 39.1 Å². The fourth-order valence-electron chi connectivity index (χ4n) is 5.62. The number of hydrogen-bond acceptors (Lipinski definition) is 5. The number of carbonyl (C=O) groups excluding carboxylic acids is 1. The van der Waals surface area contributed by atoms with Gasteiger partial charge in [-0.2, -0.15) is 0 Å². The van der Waals surface area contributed by atoms with Crippen LogP contribution in [0.25, 0.3) is 10.2 Å². The minimum Gasteiger partial charge on any atom is -0.298 e. The van der Waals surface area contributed by atoms with E-state index in [2.05, 4.69) is 16.0 Å².